The molecule has 6 atom stereocenters. The molecule has 5 fully saturated rings. The SMILES string of the molecule is CC(=O)Oc1ccc2c(c1)C13CCN(CC4CC4)C(C2)C12CCC1C3[C@@H](CN1C(=O)c1cccc[n+]1[O-])C2. The van der Waals surface area contributed by atoms with E-state index in [0.29, 0.717) is 23.6 Å². The third-order valence-electron chi connectivity index (χ3n) is 11.3. The highest BCUT2D eigenvalue weighted by Gasteiger charge is 2.76. The van der Waals surface area contributed by atoms with Gasteiger partial charge in [0.15, 0.2) is 6.20 Å². The molecule has 3 saturated carbocycles. The molecule has 1 amide bonds. The van der Waals surface area contributed by atoms with E-state index in [-0.39, 0.29) is 34.4 Å². The van der Waals surface area contributed by atoms with Crippen LogP contribution in [0.2, 0.25) is 0 Å². The van der Waals surface area contributed by atoms with Gasteiger partial charge < -0.3 is 14.8 Å². The summed E-state index contributed by atoms with van der Waals surface area (Å²) in [6, 6.07) is 12.1. The Hall–Kier alpha value is -2.93. The molecular weight excluding hydrogens is 478 g/mol. The summed E-state index contributed by atoms with van der Waals surface area (Å²) in [6.45, 7) is 4.53. The Labute approximate surface area is 223 Å². The number of ether oxygens (including phenoxy) is 1. The molecule has 2 saturated heterocycles. The second kappa shape index (κ2) is 7.81. The number of benzene rings is 1. The number of rotatable bonds is 4. The molecule has 8 rings (SSSR count). The average molecular weight is 514 g/mol. The Morgan fingerprint density at radius 3 is 2.82 bits per heavy atom. The first kappa shape index (κ1) is 23.0. The maximum atomic E-state index is 13.8. The summed E-state index contributed by atoms with van der Waals surface area (Å²) in [4.78, 5) is 30.5. The number of esters is 1. The van der Waals surface area contributed by atoms with Crippen molar-refractivity contribution < 1.29 is 19.1 Å². The zero-order valence-electron chi connectivity index (χ0n) is 22.0. The van der Waals surface area contributed by atoms with Gasteiger partial charge in [-0.3, -0.25) is 14.5 Å². The number of likely N-dealkylation sites (tertiary alicyclic amines) is 2. The van der Waals surface area contributed by atoms with E-state index in [1.54, 1.807) is 18.2 Å². The van der Waals surface area contributed by atoms with Gasteiger partial charge in [-0.05, 0) is 104 Å². The maximum absolute atomic E-state index is 13.8. The lowest BCUT2D eigenvalue weighted by Crippen LogP contribution is -2.70. The number of amides is 1. The van der Waals surface area contributed by atoms with Crippen LogP contribution in [0.15, 0.2) is 42.6 Å². The first-order valence-corrected chi connectivity index (χ1v) is 14.5. The molecule has 7 nitrogen and oxygen atoms in total. The lowest BCUT2D eigenvalue weighted by Gasteiger charge is -2.66. The van der Waals surface area contributed by atoms with Crippen LogP contribution in [-0.4, -0.2) is 53.4 Å². The Kier molecular flexibility index (Phi) is 4.73. The zero-order valence-corrected chi connectivity index (χ0v) is 22.0. The molecule has 1 aromatic carbocycles. The van der Waals surface area contributed by atoms with Gasteiger partial charge in [0.05, 0.1) is 0 Å². The van der Waals surface area contributed by atoms with Gasteiger partial charge in [-0.2, -0.15) is 4.73 Å². The summed E-state index contributed by atoms with van der Waals surface area (Å²) < 4.78 is 6.33. The number of piperidine rings is 1. The molecule has 38 heavy (non-hydrogen) atoms. The minimum atomic E-state index is -0.290. The summed E-state index contributed by atoms with van der Waals surface area (Å²) >= 11 is 0. The van der Waals surface area contributed by atoms with Crippen LogP contribution in [0, 0.1) is 28.4 Å². The fourth-order valence-electron chi connectivity index (χ4n) is 10.1. The molecule has 0 spiro atoms. The van der Waals surface area contributed by atoms with Crippen LogP contribution in [0.1, 0.15) is 67.1 Å². The van der Waals surface area contributed by atoms with E-state index >= 15 is 0 Å². The molecule has 2 aliphatic heterocycles. The molecule has 6 aliphatic rings. The molecule has 4 bridgehead atoms. The number of carbonyl (C=O) groups excluding carboxylic acids is 2. The molecule has 7 heteroatoms. The normalized spacial score (nSPS) is 36.5. The van der Waals surface area contributed by atoms with Crippen LogP contribution in [0.5, 0.6) is 5.75 Å². The lowest BCUT2D eigenvalue weighted by atomic mass is 9.43. The monoisotopic (exact) mass is 513 g/mol. The van der Waals surface area contributed by atoms with Crippen LogP contribution < -0.4 is 9.47 Å². The second-order valence-electron chi connectivity index (χ2n) is 12.9. The van der Waals surface area contributed by atoms with E-state index in [0.717, 1.165) is 55.8 Å². The van der Waals surface area contributed by atoms with E-state index in [1.165, 1.54) is 43.6 Å². The van der Waals surface area contributed by atoms with Crippen LogP contribution in [-0.2, 0) is 16.6 Å². The van der Waals surface area contributed by atoms with Crippen molar-refractivity contribution in [3.63, 3.8) is 0 Å². The summed E-state index contributed by atoms with van der Waals surface area (Å²) in [7, 11) is 0. The first-order chi connectivity index (χ1) is 18.4. The van der Waals surface area contributed by atoms with E-state index < -0.39 is 0 Å². The predicted molar refractivity (Wildman–Crippen MR) is 139 cm³/mol. The number of pyridine rings is 1. The topological polar surface area (TPSA) is 76.8 Å². The summed E-state index contributed by atoms with van der Waals surface area (Å²) in [5.74, 6) is 1.89. The maximum Gasteiger partial charge on any atom is 0.320 e. The van der Waals surface area contributed by atoms with Gasteiger partial charge in [-0.1, -0.05) is 6.07 Å². The highest BCUT2D eigenvalue weighted by molar-refractivity contribution is 5.91. The molecule has 5 unspecified atom stereocenters. The van der Waals surface area contributed by atoms with Gasteiger partial charge in [0.2, 0.25) is 0 Å². The van der Waals surface area contributed by atoms with Crippen molar-refractivity contribution in [3.05, 3.63) is 64.6 Å². The molecule has 2 aromatic rings. The fraction of sp³-hybridized carbons (Fsp3) is 0.581. The smallest absolute Gasteiger partial charge is 0.320 e. The molecule has 0 N–H and O–H groups in total. The third-order valence-corrected chi connectivity index (χ3v) is 11.3. The van der Waals surface area contributed by atoms with Crippen molar-refractivity contribution in [2.45, 2.75) is 69.4 Å². The summed E-state index contributed by atoms with van der Waals surface area (Å²) in [5.41, 5.74) is 3.18. The van der Waals surface area contributed by atoms with Crippen molar-refractivity contribution in [1.82, 2.24) is 9.80 Å². The number of hydrogen-bond donors (Lipinski definition) is 0. The lowest BCUT2D eigenvalue weighted by molar-refractivity contribution is -0.608. The minimum absolute atomic E-state index is 0.0196. The highest BCUT2D eigenvalue weighted by atomic mass is 16.5. The second-order valence-corrected chi connectivity index (χ2v) is 12.9. The van der Waals surface area contributed by atoms with Crippen LogP contribution in [0.4, 0.5) is 0 Å². The Morgan fingerprint density at radius 1 is 1.16 bits per heavy atom. The molecule has 4 aliphatic carbocycles. The number of aromatic nitrogens is 1. The molecule has 1 aromatic heterocycles. The van der Waals surface area contributed by atoms with Crippen molar-refractivity contribution in [2.75, 3.05) is 19.6 Å². The number of carbonyl (C=O) groups is 2. The molecular formula is C31H35N3O4. The van der Waals surface area contributed by atoms with Gasteiger partial charge in [-0.15, -0.1) is 0 Å². The first-order valence-electron chi connectivity index (χ1n) is 14.5. The zero-order chi connectivity index (χ0) is 25.8. The van der Waals surface area contributed by atoms with Crippen molar-refractivity contribution in [2.24, 2.45) is 23.2 Å². The van der Waals surface area contributed by atoms with Gasteiger partial charge in [-0.25, -0.2) is 0 Å². The quantitative estimate of drug-likeness (QED) is 0.271. The molecule has 3 heterocycles. The van der Waals surface area contributed by atoms with Gasteiger partial charge in [0.1, 0.15) is 5.75 Å². The average Bonchev–Trinajstić information content (AvgIpc) is 3.59. The molecule has 198 valence electrons. The Bertz CT molecular complexity index is 1360. The Balaban J connectivity index is 1.25. The largest absolute Gasteiger partial charge is 0.618 e. The van der Waals surface area contributed by atoms with Crippen LogP contribution in [0.25, 0.3) is 0 Å². The van der Waals surface area contributed by atoms with Crippen LogP contribution in [0.3, 0.4) is 0 Å². The van der Waals surface area contributed by atoms with E-state index in [9.17, 15) is 14.8 Å². The highest BCUT2D eigenvalue weighted by Crippen LogP contribution is 2.75. The van der Waals surface area contributed by atoms with E-state index in [4.69, 9.17) is 4.74 Å². The van der Waals surface area contributed by atoms with Crippen LogP contribution >= 0.6 is 0 Å². The predicted octanol–water partition coefficient (Wildman–Crippen LogP) is 3.46. The summed E-state index contributed by atoms with van der Waals surface area (Å²) in [6.07, 6.45) is 9.59. The Morgan fingerprint density at radius 2 is 2.03 bits per heavy atom. The minimum Gasteiger partial charge on any atom is -0.618 e. The van der Waals surface area contributed by atoms with Crippen molar-refractivity contribution >= 4 is 11.9 Å². The third kappa shape index (κ3) is 2.91. The summed E-state index contributed by atoms with van der Waals surface area (Å²) in [5, 5.41) is 12.5. The van der Waals surface area contributed by atoms with E-state index in [2.05, 4.69) is 17.0 Å². The van der Waals surface area contributed by atoms with Crippen molar-refractivity contribution in [3.8, 4) is 5.75 Å². The number of hydrogen-bond acceptors (Lipinski definition) is 5. The van der Waals surface area contributed by atoms with Gasteiger partial charge in [0.25, 0.3) is 5.69 Å². The molecule has 0 radical (unpaired) electrons. The fourth-order valence-corrected chi connectivity index (χ4v) is 10.1. The van der Waals surface area contributed by atoms with E-state index in [1.807, 2.05) is 11.0 Å². The number of fused-ring (bicyclic) bond motifs is 1. The number of nitrogens with zero attached hydrogens (tertiary/aromatic N) is 3. The van der Waals surface area contributed by atoms with Gasteiger partial charge >= 0.3 is 11.9 Å². The standard InChI is InChI=1S/C31H35N3O4/c1-19(35)38-23-8-7-21-14-27-30-10-9-25-28(31(30,24(21)15-23)11-13-32(27)17-20-5-6-20)22(16-30)18-33(25)29(36)26-4-2-3-12-34(26)37/h2-4,7-8,12,15,20,22,25,27-28H,5-6,9-11,13-14,16-18H2,1H3/t22-,25?,27?,28?,30?,31?/m1/s1. The van der Waals surface area contributed by atoms with Gasteiger partial charge in [0, 0.05) is 49.6 Å². The van der Waals surface area contributed by atoms with Crippen molar-refractivity contribution in [1.29, 1.82) is 0 Å².